The van der Waals surface area contributed by atoms with E-state index in [1.54, 1.807) is 14.0 Å². The Morgan fingerprint density at radius 3 is 2.42 bits per heavy atom. The average Bonchev–Trinajstić information content (AvgIpc) is 2.93. The highest BCUT2D eigenvalue weighted by Crippen LogP contribution is 2.45. The molecule has 3 rings (SSSR count). The van der Waals surface area contributed by atoms with Gasteiger partial charge in [-0.2, -0.15) is 0 Å². The van der Waals surface area contributed by atoms with E-state index in [1.165, 1.54) is 0 Å². The Morgan fingerprint density at radius 2 is 1.83 bits per heavy atom. The molecule has 0 aliphatic carbocycles. The van der Waals surface area contributed by atoms with Gasteiger partial charge in [0.1, 0.15) is 0 Å². The zero-order chi connectivity index (χ0) is 17.2. The molecule has 3 saturated heterocycles. The molecule has 0 bridgehead atoms. The van der Waals surface area contributed by atoms with E-state index in [-0.39, 0.29) is 23.1 Å². The van der Waals surface area contributed by atoms with Crippen LogP contribution in [0.5, 0.6) is 0 Å². The van der Waals surface area contributed by atoms with Gasteiger partial charge in [0.25, 0.3) is 0 Å². The highest BCUT2D eigenvalue weighted by molar-refractivity contribution is 5.80. The van der Waals surface area contributed by atoms with Gasteiger partial charge < -0.3 is 19.3 Å². The molecule has 3 aliphatic rings. The van der Waals surface area contributed by atoms with E-state index in [9.17, 15) is 9.59 Å². The lowest BCUT2D eigenvalue weighted by Crippen LogP contribution is -2.44. The maximum Gasteiger partial charge on any atom is 0.225 e. The largest absolute Gasteiger partial charge is 0.384 e. The second kappa shape index (κ2) is 7.40. The molecule has 24 heavy (non-hydrogen) atoms. The summed E-state index contributed by atoms with van der Waals surface area (Å²) in [4.78, 5) is 28.4. The first-order chi connectivity index (χ1) is 11.6. The molecule has 1 spiro atoms. The SMILES string of the molecule is COCC1CN(C(=O)C2CCN(C(C)=O)CC2)CC12CCOCC2. The first-order valence-electron chi connectivity index (χ1n) is 9.17. The predicted octanol–water partition coefficient (Wildman–Crippen LogP) is 1.15. The van der Waals surface area contributed by atoms with E-state index in [0.717, 1.165) is 52.0 Å². The van der Waals surface area contributed by atoms with Crippen LogP contribution in [0.15, 0.2) is 0 Å². The third-order valence-electron chi connectivity index (χ3n) is 6.27. The standard InChI is InChI=1S/C18H30N2O4/c1-14(21)19-7-3-15(4-8-19)17(22)20-11-16(12-23-2)18(13-20)5-9-24-10-6-18/h15-16H,3-13H2,1-2H3. The van der Waals surface area contributed by atoms with Gasteiger partial charge in [0.2, 0.25) is 11.8 Å². The van der Waals surface area contributed by atoms with Crippen molar-refractivity contribution in [1.82, 2.24) is 9.80 Å². The summed E-state index contributed by atoms with van der Waals surface area (Å²) in [6.07, 6.45) is 3.63. The molecule has 3 heterocycles. The number of methoxy groups -OCH3 is 1. The Hall–Kier alpha value is -1.14. The van der Waals surface area contributed by atoms with Crippen molar-refractivity contribution in [1.29, 1.82) is 0 Å². The minimum Gasteiger partial charge on any atom is -0.384 e. The number of nitrogens with zero attached hydrogens (tertiary/aromatic N) is 2. The number of ether oxygens (including phenoxy) is 2. The van der Waals surface area contributed by atoms with E-state index in [0.29, 0.717) is 25.6 Å². The van der Waals surface area contributed by atoms with Gasteiger partial charge in [0, 0.05) is 65.3 Å². The second-order valence-corrected chi connectivity index (χ2v) is 7.63. The lowest BCUT2D eigenvalue weighted by atomic mass is 9.72. The van der Waals surface area contributed by atoms with Gasteiger partial charge in [0.15, 0.2) is 0 Å². The number of rotatable bonds is 3. The molecule has 0 N–H and O–H groups in total. The van der Waals surface area contributed by atoms with Crippen LogP contribution in [-0.2, 0) is 19.1 Å². The third-order valence-corrected chi connectivity index (χ3v) is 6.27. The Labute approximate surface area is 144 Å². The summed E-state index contributed by atoms with van der Waals surface area (Å²) in [5, 5.41) is 0. The van der Waals surface area contributed by atoms with Gasteiger partial charge >= 0.3 is 0 Å². The van der Waals surface area contributed by atoms with Crippen molar-refractivity contribution in [2.45, 2.75) is 32.6 Å². The van der Waals surface area contributed by atoms with Crippen LogP contribution in [0.1, 0.15) is 32.6 Å². The topological polar surface area (TPSA) is 59.1 Å². The van der Waals surface area contributed by atoms with Crippen LogP contribution in [0, 0.1) is 17.3 Å². The molecule has 1 unspecified atom stereocenters. The Morgan fingerprint density at radius 1 is 1.17 bits per heavy atom. The highest BCUT2D eigenvalue weighted by atomic mass is 16.5. The first-order valence-corrected chi connectivity index (χ1v) is 9.17. The number of hydrogen-bond acceptors (Lipinski definition) is 4. The van der Waals surface area contributed by atoms with Crippen molar-refractivity contribution in [3.63, 3.8) is 0 Å². The highest BCUT2D eigenvalue weighted by Gasteiger charge is 2.49. The Kier molecular flexibility index (Phi) is 5.45. The summed E-state index contributed by atoms with van der Waals surface area (Å²) in [6, 6.07) is 0. The van der Waals surface area contributed by atoms with Gasteiger partial charge in [0.05, 0.1) is 6.61 Å². The van der Waals surface area contributed by atoms with Crippen LogP contribution < -0.4 is 0 Å². The van der Waals surface area contributed by atoms with E-state index in [2.05, 4.69) is 4.90 Å². The van der Waals surface area contributed by atoms with Gasteiger partial charge in [-0.15, -0.1) is 0 Å². The zero-order valence-electron chi connectivity index (χ0n) is 15.0. The number of piperidine rings is 1. The number of hydrogen-bond donors (Lipinski definition) is 0. The summed E-state index contributed by atoms with van der Waals surface area (Å²) >= 11 is 0. The van der Waals surface area contributed by atoms with Gasteiger partial charge in [-0.3, -0.25) is 9.59 Å². The molecule has 6 heteroatoms. The minimum atomic E-state index is 0.0683. The molecule has 6 nitrogen and oxygen atoms in total. The molecule has 0 aromatic heterocycles. The maximum absolute atomic E-state index is 13.0. The second-order valence-electron chi connectivity index (χ2n) is 7.63. The molecule has 3 fully saturated rings. The van der Waals surface area contributed by atoms with Crippen LogP contribution in [0.2, 0.25) is 0 Å². The normalized spacial score (nSPS) is 27.7. The Bertz CT molecular complexity index is 468. The van der Waals surface area contributed by atoms with E-state index >= 15 is 0 Å². The van der Waals surface area contributed by atoms with Crippen molar-refractivity contribution >= 4 is 11.8 Å². The molecule has 3 aliphatic heterocycles. The molecule has 0 radical (unpaired) electrons. The van der Waals surface area contributed by atoms with Gasteiger partial charge in [-0.05, 0) is 31.1 Å². The van der Waals surface area contributed by atoms with Crippen LogP contribution in [0.25, 0.3) is 0 Å². The van der Waals surface area contributed by atoms with E-state index in [4.69, 9.17) is 9.47 Å². The summed E-state index contributed by atoms with van der Waals surface area (Å²) in [5.74, 6) is 0.873. The van der Waals surface area contributed by atoms with Crippen molar-refractivity contribution in [3.8, 4) is 0 Å². The quantitative estimate of drug-likeness (QED) is 0.774. The Balaban J connectivity index is 1.62. The van der Waals surface area contributed by atoms with Crippen LogP contribution in [0.4, 0.5) is 0 Å². The third kappa shape index (κ3) is 3.45. The summed E-state index contributed by atoms with van der Waals surface area (Å²) in [5.41, 5.74) is 0.171. The maximum atomic E-state index is 13.0. The predicted molar refractivity (Wildman–Crippen MR) is 89.4 cm³/mol. The van der Waals surface area contributed by atoms with Crippen molar-refractivity contribution < 1.29 is 19.1 Å². The molecule has 0 saturated carbocycles. The molecule has 136 valence electrons. The molecule has 2 amide bonds. The van der Waals surface area contributed by atoms with Crippen molar-refractivity contribution in [2.24, 2.45) is 17.3 Å². The number of likely N-dealkylation sites (tertiary alicyclic amines) is 2. The molecule has 0 aromatic carbocycles. The van der Waals surface area contributed by atoms with Crippen molar-refractivity contribution in [3.05, 3.63) is 0 Å². The summed E-state index contributed by atoms with van der Waals surface area (Å²) < 4.78 is 11.0. The van der Waals surface area contributed by atoms with Crippen molar-refractivity contribution in [2.75, 3.05) is 53.1 Å². The van der Waals surface area contributed by atoms with Crippen LogP contribution in [-0.4, -0.2) is 74.7 Å². The number of carbonyl (C=O) groups is 2. The van der Waals surface area contributed by atoms with Gasteiger partial charge in [-0.1, -0.05) is 0 Å². The van der Waals surface area contributed by atoms with E-state index < -0.39 is 0 Å². The molecular weight excluding hydrogens is 308 g/mol. The van der Waals surface area contributed by atoms with Crippen LogP contribution in [0.3, 0.4) is 0 Å². The monoisotopic (exact) mass is 338 g/mol. The number of carbonyl (C=O) groups excluding carboxylic acids is 2. The van der Waals surface area contributed by atoms with Crippen LogP contribution >= 0.6 is 0 Å². The molecular formula is C18H30N2O4. The van der Waals surface area contributed by atoms with E-state index in [1.807, 2.05) is 4.90 Å². The fourth-order valence-electron chi connectivity index (χ4n) is 4.68. The lowest BCUT2D eigenvalue weighted by Gasteiger charge is -2.38. The smallest absolute Gasteiger partial charge is 0.225 e. The van der Waals surface area contributed by atoms with Gasteiger partial charge in [-0.25, -0.2) is 0 Å². The fourth-order valence-corrected chi connectivity index (χ4v) is 4.68. The summed E-state index contributed by atoms with van der Waals surface area (Å²) in [6.45, 7) is 6.97. The fraction of sp³-hybridized carbons (Fsp3) is 0.889. The summed E-state index contributed by atoms with van der Waals surface area (Å²) in [7, 11) is 1.75. The lowest BCUT2D eigenvalue weighted by molar-refractivity contribution is -0.139. The zero-order valence-corrected chi connectivity index (χ0v) is 15.0. The number of amides is 2. The first kappa shape index (κ1) is 17.7. The molecule has 1 atom stereocenters. The molecule has 0 aromatic rings. The minimum absolute atomic E-state index is 0.0683. The average molecular weight is 338 g/mol.